The highest BCUT2D eigenvalue weighted by Gasteiger charge is 2.51. The van der Waals surface area contributed by atoms with Gasteiger partial charge in [0.05, 0.1) is 24.1 Å². The Morgan fingerprint density at radius 1 is 0.972 bits per heavy atom. The number of piperidine rings is 1. The van der Waals surface area contributed by atoms with E-state index in [1.165, 1.54) is 21.9 Å². The van der Waals surface area contributed by atoms with Gasteiger partial charge in [0.15, 0.2) is 0 Å². The van der Waals surface area contributed by atoms with Crippen molar-refractivity contribution in [2.24, 2.45) is 5.41 Å². The lowest BCUT2D eigenvalue weighted by Crippen LogP contribution is -2.58. The first-order valence-corrected chi connectivity index (χ1v) is 26.3. The molecule has 21 heteroatoms. The minimum absolute atomic E-state index is 0.0865. The quantitative estimate of drug-likeness (QED) is 0.0447. The molecule has 0 saturated carbocycles. The number of nitrogens with zero attached hydrogens (tertiary/aromatic N) is 3. The SMILES string of the molecule is CC(C)(C)[C@H](NC(=O)c1cc2cc(C(F)(F)P(=O)(O)O)ccc2s1)C(=O)N1C[C@@H](OCCCCCCNc2cccc3c2CN(C2CCC(=O)NC2=O)C3=O)C[C@H]1C(=O)N1CCO[C@H](c2ccccc2)C1. The molecule has 0 aliphatic carbocycles. The Hall–Kier alpha value is -5.63. The van der Waals surface area contributed by atoms with E-state index in [-0.39, 0.29) is 73.0 Å². The predicted octanol–water partition coefficient (Wildman–Crippen LogP) is 6.29. The van der Waals surface area contributed by atoms with Crippen LogP contribution in [0.2, 0.25) is 0 Å². The number of ether oxygens (including phenoxy) is 2. The lowest BCUT2D eigenvalue weighted by atomic mass is 9.85. The number of alkyl halides is 2. The van der Waals surface area contributed by atoms with E-state index in [0.717, 1.165) is 66.0 Å². The van der Waals surface area contributed by atoms with Gasteiger partial charge in [-0.15, -0.1) is 11.3 Å². The van der Waals surface area contributed by atoms with E-state index >= 15 is 0 Å². The molecule has 380 valence electrons. The summed E-state index contributed by atoms with van der Waals surface area (Å²) in [6, 6.07) is 16.7. The maximum atomic E-state index is 14.8. The Kier molecular flexibility index (Phi) is 15.5. The zero-order chi connectivity index (χ0) is 50.8. The van der Waals surface area contributed by atoms with E-state index in [9.17, 15) is 51.9 Å². The van der Waals surface area contributed by atoms with E-state index in [1.807, 2.05) is 42.5 Å². The highest BCUT2D eigenvalue weighted by atomic mass is 32.1. The number of hydrogen-bond donors (Lipinski definition) is 5. The normalized spacial score (nSPS) is 21.3. The van der Waals surface area contributed by atoms with E-state index in [4.69, 9.17) is 9.47 Å². The molecule has 1 unspecified atom stereocenters. The number of nitrogens with one attached hydrogen (secondary N) is 3. The molecule has 1 aromatic heterocycles. The lowest BCUT2D eigenvalue weighted by Gasteiger charge is -2.38. The summed E-state index contributed by atoms with van der Waals surface area (Å²) >= 11 is 0.973. The van der Waals surface area contributed by atoms with Crippen LogP contribution in [0.3, 0.4) is 0 Å². The first kappa shape index (κ1) is 51.7. The van der Waals surface area contributed by atoms with E-state index in [0.29, 0.717) is 36.6 Å². The molecule has 3 aromatic carbocycles. The molecule has 4 aliphatic rings. The highest BCUT2D eigenvalue weighted by molar-refractivity contribution is 7.52. The second-order valence-electron chi connectivity index (χ2n) is 19.6. The lowest BCUT2D eigenvalue weighted by molar-refractivity contribution is -0.150. The zero-order valence-electron chi connectivity index (χ0n) is 39.7. The molecule has 5 atom stereocenters. The van der Waals surface area contributed by atoms with Crippen molar-refractivity contribution in [3.05, 3.63) is 99.9 Å². The Bertz CT molecular complexity index is 2730. The standard InChI is InChI=1S/C50H59F2N6O11PS/c1-49(2,3)43(55-45(61)41-25-31-24-32(16-18-40(31)71-41)50(51,52)70(65,66)67)48(64)57-27-33(26-38(57)47(63)56-21-23-69-39(29-56)30-12-7-6-8-13-30)68-22-10-5-4-9-20-53-36-15-11-14-34-35(36)28-58(46(34)62)37-17-19-42(59)54-44(37)60/h6-8,11-16,18,24-25,33,37-39,43,53H,4-5,9-10,17,19-23,26-29H2,1-3H3,(H,55,61)(H,54,59,60)(H2,65,66,67)/t33-,37?,38-,39-,43+/m0/s1. The van der Waals surface area contributed by atoms with Crippen molar-refractivity contribution < 1.29 is 61.4 Å². The molecule has 0 bridgehead atoms. The van der Waals surface area contributed by atoms with Gasteiger partial charge in [0.25, 0.3) is 11.8 Å². The van der Waals surface area contributed by atoms with Gasteiger partial charge in [-0.2, -0.15) is 8.78 Å². The molecule has 0 spiro atoms. The average molecular weight is 1020 g/mol. The second kappa shape index (κ2) is 21.2. The first-order valence-electron chi connectivity index (χ1n) is 23.9. The average Bonchev–Trinajstić information content (AvgIpc) is 4.06. The van der Waals surface area contributed by atoms with Crippen LogP contribution >= 0.6 is 18.9 Å². The molecule has 6 amide bonds. The molecule has 71 heavy (non-hydrogen) atoms. The molecule has 5 N–H and O–H groups in total. The summed E-state index contributed by atoms with van der Waals surface area (Å²) in [4.78, 5) is 104. The number of unbranched alkanes of at least 4 members (excludes halogenated alkanes) is 3. The van der Waals surface area contributed by atoms with Crippen molar-refractivity contribution >= 4 is 70.1 Å². The van der Waals surface area contributed by atoms with Crippen LogP contribution in [-0.2, 0) is 45.4 Å². The molecule has 3 fully saturated rings. The van der Waals surface area contributed by atoms with Crippen LogP contribution in [0.25, 0.3) is 10.1 Å². The van der Waals surface area contributed by atoms with Gasteiger partial charge in [-0.1, -0.05) is 76.1 Å². The number of hydrogen-bond acceptors (Lipinski definition) is 11. The van der Waals surface area contributed by atoms with Crippen molar-refractivity contribution in [3.63, 3.8) is 0 Å². The fourth-order valence-electron chi connectivity index (χ4n) is 9.66. The monoisotopic (exact) mass is 1020 g/mol. The van der Waals surface area contributed by atoms with Gasteiger partial charge < -0.3 is 44.6 Å². The molecular weight excluding hydrogens is 962 g/mol. The number of halogens is 2. The minimum atomic E-state index is -5.83. The topological polar surface area (TPSA) is 224 Å². The van der Waals surface area contributed by atoms with E-state index in [1.54, 1.807) is 31.7 Å². The minimum Gasteiger partial charge on any atom is -0.385 e. The third-order valence-electron chi connectivity index (χ3n) is 13.5. The van der Waals surface area contributed by atoms with E-state index < -0.39 is 66.2 Å². The van der Waals surface area contributed by atoms with Gasteiger partial charge in [-0.05, 0) is 66.0 Å². The number of anilines is 1. The van der Waals surface area contributed by atoms with Crippen molar-refractivity contribution in [1.29, 1.82) is 0 Å². The number of imide groups is 1. The number of amides is 6. The van der Waals surface area contributed by atoms with Gasteiger partial charge in [0.2, 0.25) is 23.6 Å². The summed E-state index contributed by atoms with van der Waals surface area (Å²) in [6.07, 6.45) is 3.11. The van der Waals surface area contributed by atoms with Crippen LogP contribution in [0, 0.1) is 5.41 Å². The number of benzene rings is 3. The summed E-state index contributed by atoms with van der Waals surface area (Å²) < 4.78 is 53.5. The Morgan fingerprint density at radius 2 is 1.73 bits per heavy atom. The van der Waals surface area contributed by atoms with Crippen LogP contribution in [-0.4, -0.2) is 124 Å². The molecule has 0 radical (unpaired) electrons. The number of morpholine rings is 1. The fraction of sp³-hybridized carbons (Fsp3) is 0.480. The highest BCUT2D eigenvalue weighted by Crippen LogP contribution is 2.59. The van der Waals surface area contributed by atoms with Crippen molar-refractivity contribution in [1.82, 2.24) is 25.3 Å². The molecule has 8 rings (SSSR count). The van der Waals surface area contributed by atoms with Crippen LogP contribution < -0.4 is 16.0 Å². The number of likely N-dealkylation sites (tertiary alicyclic amines) is 1. The summed E-state index contributed by atoms with van der Waals surface area (Å²) in [5.74, 6) is -2.43. The van der Waals surface area contributed by atoms with Crippen LogP contribution in [0.5, 0.6) is 0 Å². The number of carbonyl (C=O) groups excluding carboxylic acids is 6. The first-order chi connectivity index (χ1) is 33.7. The van der Waals surface area contributed by atoms with Crippen LogP contribution in [0.1, 0.15) is 109 Å². The Morgan fingerprint density at radius 3 is 2.46 bits per heavy atom. The molecule has 5 heterocycles. The fourth-order valence-corrected chi connectivity index (χ4v) is 11.1. The zero-order valence-corrected chi connectivity index (χ0v) is 41.4. The van der Waals surface area contributed by atoms with Crippen molar-refractivity contribution in [2.75, 3.05) is 44.7 Å². The predicted molar refractivity (Wildman–Crippen MR) is 259 cm³/mol. The van der Waals surface area contributed by atoms with Crippen LogP contribution in [0.4, 0.5) is 14.5 Å². The Labute approximate surface area is 413 Å². The summed E-state index contributed by atoms with van der Waals surface area (Å²) in [5, 5.41) is 8.81. The van der Waals surface area contributed by atoms with Gasteiger partial charge in [-0.3, -0.25) is 38.6 Å². The van der Waals surface area contributed by atoms with E-state index in [2.05, 4.69) is 16.0 Å². The van der Waals surface area contributed by atoms with Crippen molar-refractivity contribution in [2.45, 2.75) is 108 Å². The summed E-state index contributed by atoms with van der Waals surface area (Å²) in [6.45, 7) is 7.64. The Balaban J connectivity index is 0.891. The molecule has 4 aliphatic heterocycles. The number of thiophene rings is 1. The largest absolute Gasteiger partial charge is 0.399 e. The number of rotatable bonds is 17. The molecule has 3 saturated heterocycles. The van der Waals surface area contributed by atoms with Crippen LogP contribution in [0.15, 0.2) is 72.8 Å². The number of carbonyl (C=O) groups is 6. The number of fused-ring (bicyclic) bond motifs is 2. The smallest absolute Gasteiger partial charge is 0.385 e. The molecular formula is C50H59F2N6O11PS. The summed E-state index contributed by atoms with van der Waals surface area (Å²) in [5.41, 5.74) is -3.09. The third kappa shape index (κ3) is 11.4. The van der Waals surface area contributed by atoms with Gasteiger partial charge >= 0.3 is 13.3 Å². The maximum absolute atomic E-state index is 14.8. The summed E-state index contributed by atoms with van der Waals surface area (Å²) in [7, 11) is -5.83. The second-order valence-corrected chi connectivity index (χ2v) is 22.3. The maximum Gasteiger partial charge on any atom is 0.399 e. The van der Waals surface area contributed by atoms with Gasteiger partial charge in [0.1, 0.15) is 24.2 Å². The molecule has 17 nitrogen and oxygen atoms in total. The van der Waals surface area contributed by atoms with Crippen molar-refractivity contribution in [3.8, 4) is 0 Å². The third-order valence-corrected chi connectivity index (χ3v) is 15.6. The van der Waals surface area contributed by atoms with Gasteiger partial charge in [-0.25, -0.2) is 0 Å². The molecule has 4 aromatic rings. The van der Waals surface area contributed by atoms with Gasteiger partial charge in [0, 0.05) is 72.7 Å².